The van der Waals surface area contributed by atoms with Crippen LogP contribution in [0.1, 0.15) is 11.1 Å². The Bertz CT molecular complexity index is 226. The summed E-state index contributed by atoms with van der Waals surface area (Å²) in [6.45, 7) is 1.05. The number of hydrogen-bond acceptors (Lipinski definition) is 2. The fourth-order valence-corrected chi connectivity index (χ4v) is 1.43. The van der Waals surface area contributed by atoms with Crippen molar-refractivity contribution in [3.8, 4) is 0 Å². The minimum absolute atomic E-state index is 0.506. The molecule has 0 bridgehead atoms. The molecule has 1 aromatic carbocycles. The van der Waals surface area contributed by atoms with Gasteiger partial charge in [0.25, 0.3) is 0 Å². The molecule has 0 aliphatic heterocycles. The molecule has 0 aliphatic rings. The monoisotopic (exact) mass is 213 g/mol. The molecular formula is C8H10BrN2. The van der Waals surface area contributed by atoms with Crippen LogP contribution in [0.3, 0.4) is 0 Å². The van der Waals surface area contributed by atoms with Gasteiger partial charge in [0.05, 0.1) is 0 Å². The van der Waals surface area contributed by atoms with Gasteiger partial charge in [0.15, 0.2) is 0 Å². The Hall–Kier alpha value is -0.380. The first kappa shape index (κ1) is 8.71. The Balaban J connectivity index is 3.02. The molecule has 59 valence electrons. The summed E-state index contributed by atoms with van der Waals surface area (Å²) in [5, 5.41) is 0. The molecule has 0 unspecified atom stereocenters. The van der Waals surface area contributed by atoms with E-state index in [9.17, 15) is 0 Å². The molecule has 1 aromatic rings. The molecule has 0 aromatic heterocycles. The number of rotatable bonds is 2. The van der Waals surface area contributed by atoms with E-state index in [4.69, 9.17) is 11.5 Å². The van der Waals surface area contributed by atoms with Gasteiger partial charge in [0, 0.05) is 23.6 Å². The highest BCUT2D eigenvalue weighted by molar-refractivity contribution is 9.10. The van der Waals surface area contributed by atoms with E-state index >= 15 is 0 Å². The van der Waals surface area contributed by atoms with Crippen molar-refractivity contribution in [3.05, 3.63) is 33.8 Å². The normalized spacial score (nSPS) is 10.1. The standard InChI is InChI=1S/C8H10BrN2/c9-8-2-6(4-10)1-7(3-8)5-11/h1-2H,4-5,10-11H2. The molecule has 0 saturated heterocycles. The predicted octanol–water partition coefficient (Wildman–Crippen LogP) is 1.17. The van der Waals surface area contributed by atoms with Crippen LogP contribution < -0.4 is 11.5 Å². The number of halogens is 1. The van der Waals surface area contributed by atoms with Gasteiger partial charge >= 0.3 is 0 Å². The first-order valence-electron chi connectivity index (χ1n) is 3.37. The van der Waals surface area contributed by atoms with Crippen LogP contribution in [0.15, 0.2) is 16.6 Å². The van der Waals surface area contributed by atoms with Crippen molar-refractivity contribution in [2.75, 3.05) is 0 Å². The lowest BCUT2D eigenvalue weighted by Crippen LogP contribution is -2.01. The number of nitrogens with two attached hydrogens (primary N) is 2. The van der Waals surface area contributed by atoms with Crippen molar-refractivity contribution in [2.24, 2.45) is 11.5 Å². The van der Waals surface area contributed by atoms with Crippen LogP contribution in [0.5, 0.6) is 0 Å². The van der Waals surface area contributed by atoms with Crippen molar-refractivity contribution in [1.82, 2.24) is 0 Å². The second-order valence-electron chi connectivity index (χ2n) is 2.27. The molecule has 11 heavy (non-hydrogen) atoms. The van der Waals surface area contributed by atoms with Crippen LogP contribution in [0.2, 0.25) is 0 Å². The van der Waals surface area contributed by atoms with Gasteiger partial charge < -0.3 is 11.5 Å². The van der Waals surface area contributed by atoms with Crippen LogP contribution in [-0.2, 0) is 13.1 Å². The largest absolute Gasteiger partial charge is 0.326 e. The van der Waals surface area contributed by atoms with E-state index in [1.807, 2.05) is 12.1 Å². The molecule has 4 N–H and O–H groups in total. The van der Waals surface area contributed by atoms with Crippen LogP contribution in [0.25, 0.3) is 0 Å². The molecule has 0 atom stereocenters. The van der Waals surface area contributed by atoms with Crippen molar-refractivity contribution >= 4 is 15.9 Å². The predicted molar refractivity (Wildman–Crippen MR) is 48.8 cm³/mol. The smallest absolute Gasteiger partial charge is 0.0260 e. The molecule has 0 saturated carbocycles. The highest BCUT2D eigenvalue weighted by atomic mass is 79.9. The fourth-order valence-electron chi connectivity index (χ4n) is 0.882. The van der Waals surface area contributed by atoms with Crippen LogP contribution in [-0.4, -0.2) is 0 Å². The Morgan fingerprint density at radius 1 is 1.27 bits per heavy atom. The van der Waals surface area contributed by atoms with E-state index in [-0.39, 0.29) is 0 Å². The third-order valence-corrected chi connectivity index (χ3v) is 1.83. The zero-order valence-electron chi connectivity index (χ0n) is 6.10. The van der Waals surface area contributed by atoms with Crippen LogP contribution in [0, 0.1) is 6.07 Å². The van der Waals surface area contributed by atoms with Crippen molar-refractivity contribution in [2.45, 2.75) is 13.1 Å². The molecule has 0 fully saturated rings. The third-order valence-electron chi connectivity index (χ3n) is 1.41. The Kier molecular flexibility index (Phi) is 3.05. The molecule has 3 heteroatoms. The quantitative estimate of drug-likeness (QED) is 0.776. The van der Waals surface area contributed by atoms with E-state index in [1.54, 1.807) is 0 Å². The lowest BCUT2D eigenvalue weighted by Gasteiger charge is -2.01. The van der Waals surface area contributed by atoms with Crippen molar-refractivity contribution in [1.29, 1.82) is 0 Å². The molecule has 0 amide bonds. The van der Waals surface area contributed by atoms with Gasteiger partial charge in [-0.15, -0.1) is 0 Å². The Morgan fingerprint density at radius 2 is 2.00 bits per heavy atom. The van der Waals surface area contributed by atoms with Gasteiger partial charge in [0.1, 0.15) is 0 Å². The van der Waals surface area contributed by atoms with Gasteiger partial charge in [-0.3, -0.25) is 0 Å². The molecule has 2 nitrogen and oxygen atoms in total. The second-order valence-corrected chi connectivity index (χ2v) is 3.12. The average Bonchev–Trinajstić information content (AvgIpc) is 2.03. The second kappa shape index (κ2) is 3.85. The average molecular weight is 214 g/mol. The van der Waals surface area contributed by atoms with Crippen molar-refractivity contribution in [3.63, 3.8) is 0 Å². The van der Waals surface area contributed by atoms with Gasteiger partial charge in [0.2, 0.25) is 0 Å². The van der Waals surface area contributed by atoms with Gasteiger partial charge in [-0.1, -0.05) is 22.0 Å². The molecule has 0 spiro atoms. The SMILES string of the molecule is NCc1[c]c(Br)cc(CN)c1. The maximum Gasteiger partial charge on any atom is 0.0260 e. The lowest BCUT2D eigenvalue weighted by molar-refractivity contribution is 1.02. The first-order valence-corrected chi connectivity index (χ1v) is 4.16. The fraction of sp³-hybridized carbons (Fsp3) is 0.250. The van der Waals surface area contributed by atoms with E-state index in [1.165, 1.54) is 0 Å². The van der Waals surface area contributed by atoms with E-state index in [2.05, 4.69) is 22.0 Å². The number of benzene rings is 1. The third kappa shape index (κ3) is 2.29. The highest BCUT2D eigenvalue weighted by Crippen LogP contribution is 2.14. The Labute approximate surface area is 74.7 Å². The summed E-state index contributed by atoms with van der Waals surface area (Å²) in [5.74, 6) is 0. The van der Waals surface area contributed by atoms with E-state index in [0.717, 1.165) is 15.6 Å². The number of hydrogen-bond donors (Lipinski definition) is 2. The summed E-state index contributed by atoms with van der Waals surface area (Å²) in [5.41, 5.74) is 13.0. The highest BCUT2D eigenvalue weighted by Gasteiger charge is 1.96. The summed E-state index contributed by atoms with van der Waals surface area (Å²) < 4.78 is 0.918. The molecule has 0 aliphatic carbocycles. The summed E-state index contributed by atoms with van der Waals surface area (Å²) in [6, 6.07) is 6.97. The molecule has 0 heterocycles. The van der Waals surface area contributed by atoms with Gasteiger partial charge in [-0.05, 0) is 17.2 Å². The minimum atomic E-state index is 0.506. The Morgan fingerprint density at radius 3 is 2.55 bits per heavy atom. The van der Waals surface area contributed by atoms with E-state index < -0.39 is 0 Å². The zero-order valence-corrected chi connectivity index (χ0v) is 7.69. The lowest BCUT2D eigenvalue weighted by atomic mass is 10.1. The zero-order chi connectivity index (χ0) is 8.27. The molecular weight excluding hydrogens is 204 g/mol. The first-order chi connectivity index (χ1) is 5.26. The maximum atomic E-state index is 5.47. The van der Waals surface area contributed by atoms with E-state index in [0.29, 0.717) is 13.1 Å². The molecule has 1 rings (SSSR count). The topological polar surface area (TPSA) is 52.0 Å². The summed E-state index contributed by atoms with van der Waals surface area (Å²) in [6.07, 6.45) is 0. The van der Waals surface area contributed by atoms with Crippen molar-refractivity contribution < 1.29 is 0 Å². The summed E-state index contributed by atoms with van der Waals surface area (Å²) >= 11 is 3.33. The van der Waals surface area contributed by atoms with Crippen LogP contribution >= 0.6 is 15.9 Å². The van der Waals surface area contributed by atoms with Gasteiger partial charge in [-0.25, -0.2) is 0 Å². The van der Waals surface area contributed by atoms with Gasteiger partial charge in [-0.2, -0.15) is 0 Å². The molecule has 1 radical (unpaired) electrons. The van der Waals surface area contributed by atoms with Crippen LogP contribution in [0.4, 0.5) is 0 Å². The summed E-state index contributed by atoms with van der Waals surface area (Å²) in [4.78, 5) is 0. The maximum absolute atomic E-state index is 5.47. The minimum Gasteiger partial charge on any atom is -0.326 e. The summed E-state index contributed by atoms with van der Waals surface area (Å²) in [7, 11) is 0.